The van der Waals surface area contributed by atoms with E-state index in [0.717, 1.165) is 114 Å². The molecule has 0 aliphatic heterocycles. The smallest absolute Gasteiger partial charge is 0.236 e. The molecule has 0 spiro atoms. The summed E-state index contributed by atoms with van der Waals surface area (Å²) in [5.41, 5.74) is 11.8. The highest BCUT2D eigenvalue weighted by atomic mass is 32.1. The summed E-state index contributed by atoms with van der Waals surface area (Å²) in [5.74, 6) is 1.34. The van der Waals surface area contributed by atoms with Crippen molar-refractivity contribution in [1.82, 2.24) is 29.1 Å². The number of furan rings is 2. The Kier molecular flexibility index (Phi) is 11.4. The van der Waals surface area contributed by atoms with Crippen LogP contribution >= 0.6 is 45.3 Å². The lowest BCUT2D eigenvalue weighted by Crippen LogP contribution is -2.03. The van der Waals surface area contributed by atoms with Crippen LogP contribution < -0.4 is 0 Å². The zero-order chi connectivity index (χ0) is 65.0. The van der Waals surface area contributed by atoms with Gasteiger partial charge in [0, 0.05) is 116 Å². The van der Waals surface area contributed by atoms with Gasteiger partial charge >= 0.3 is 0 Å². The molecule has 8 nitrogen and oxygen atoms in total. The van der Waals surface area contributed by atoms with E-state index in [4.69, 9.17) is 28.8 Å². The Labute approximate surface area is 582 Å². The van der Waals surface area contributed by atoms with Crippen LogP contribution in [0.4, 0.5) is 0 Å². The third-order valence-corrected chi connectivity index (χ3v) is 24.9. The van der Waals surface area contributed by atoms with Crippen molar-refractivity contribution in [2.24, 2.45) is 0 Å². The third kappa shape index (κ3) is 7.62. The zero-order valence-corrected chi connectivity index (χ0v) is 56.0. The van der Waals surface area contributed by atoms with E-state index < -0.39 is 0 Å². The minimum atomic E-state index is 0.660. The fourth-order valence-electron chi connectivity index (χ4n) is 16.3. The summed E-state index contributed by atoms with van der Waals surface area (Å²) in [6.45, 7) is 0. The Hall–Kier alpha value is -12.2. The summed E-state index contributed by atoms with van der Waals surface area (Å²) < 4.78 is 24.9. The predicted octanol–water partition coefficient (Wildman–Crippen LogP) is 26.1. The first kappa shape index (κ1) is 54.9. The number of fused-ring (bicyclic) bond motifs is 32. The number of rotatable bonds is 4. The molecule has 0 aliphatic carbocycles. The third-order valence-electron chi connectivity index (χ3n) is 20.5. The maximum atomic E-state index is 6.62. The van der Waals surface area contributed by atoms with Gasteiger partial charge in [0.25, 0.3) is 0 Å². The summed E-state index contributed by atoms with van der Waals surface area (Å²) in [7, 11) is 0. The quantitative estimate of drug-likeness (QED) is 0.174. The Morgan fingerprint density at radius 3 is 1.17 bits per heavy atom. The first-order chi connectivity index (χ1) is 49.6. The SMILES string of the molecule is c1ccc2c(c1)oc1c(-c3nc(-n4c5ccccc5c5c6ccccc6c6c7ccccc7sc6c54)nc4sc5ccccc5c34)cccc12.c1ccc2c(c1)oc1ccc(-c3nc(-n4c5ccccc5c5c6ccccc6c6c7ccccc7sc6c54)nc4sc5ccccc5c34)cc12. The monoisotopic (exact) mass is 1350 g/mol. The summed E-state index contributed by atoms with van der Waals surface area (Å²) in [4.78, 5) is 24.0. The van der Waals surface area contributed by atoms with Crippen molar-refractivity contribution < 1.29 is 8.83 Å². The molecule has 0 atom stereocenters. The lowest BCUT2D eigenvalue weighted by atomic mass is 9.99. The average Bonchev–Trinajstić information content (AvgIpc) is 1.55. The highest BCUT2D eigenvalue weighted by molar-refractivity contribution is 7.27. The fraction of sp³-hybridized carbons (Fsp3) is 0. The van der Waals surface area contributed by atoms with E-state index >= 15 is 0 Å². The lowest BCUT2D eigenvalue weighted by molar-refractivity contribution is 0.669. The molecule has 0 radical (unpaired) electrons. The second-order valence-corrected chi connectivity index (χ2v) is 29.9. The Morgan fingerprint density at radius 2 is 0.640 bits per heavy atom. The molecule has 14 aromatic carbocycles. The first-order valence-corrected chi connectivity index (χ1v) is 36.6. The molecule has 10 aromatic heterocycles. The highest BCUT2D eigenvalue weighted by Gasteiger charge is 2.29. The molecule has 0 unspecified atom stereocenters. The maximum absolute atomic E-state index is 6.62. The number of aromatic nitrogens is 6. The normalized spacial score (nSPS) is 12.4. The fourth-order valence-corrected chi connectivity index (χ4v) is 21.0. The van der Waals surface area contributed by atoms with Crippen LogP contribution in [0, 0.1) is 0 Å². The molecule has 0 saturated carbocycles. The number of thiophene rings is 4. The van der Waals surface area contributed by atoms with Crippen molar-refractivity contribution in [3.05, 3.63) is 279 Å². The molecule has 0 fully saturated rings. The molecule has 100 heavy (non-hydrogen) atoms. The van der Waals surface area contributed by atoms with Crippen molar-refractivity contribution in [3.8, 4) is 34.4 Å². The average molecular weight is 1350 g/mol. The molecule has 464 valence electrons. The van der Waals surface area contributed by atoms with E-state index in [1.807, 2.05) is 46.9 Å². The van der Waals surface area contributed by atoms with Gasteiger partial charge < -0.3 is 8.83 Å². The zero-order valence-electron chi connectivity index (χ0n) is 52.7. The van der Waals surface area contributed by atoms with E-state index in [1.54, 1.807) is 22.7 Å². The minimum absolute atomic E-state index is 0.660. The van der Waals surface area contributed by atoms with Crippen LogP contribution in [-0.4, -0.2) is 29.1 Å². The minimum Gasteiger partial charge on any atom is -0.456 e. The molecular weight excluding hydrogens is 1300 g/mol. The van der Waals surface area contributed by atoms with E-state index in [2.05, 4.69) is 264 Å². The number of hydrogen-bond acceptors (Lipinski definition) is 10. The number of benzene rings is 14. The molecule has 12 heteroatoms. The van der Waals surface area contributed by atoms with Gasteiger partial charge in [-0.3, -0.25) is 9.13 Å². The second kappa shape index (κ2) is 20.7. The maximum Gasteiger partial charge on any atom is 0.236 e. The molecule has 10 heterocycles. The summed E-state index contributed by atoms with van der Waals surface area (Å²) >= 11 is 7.16. The molecule has 0 amide bonds. The van der Waals surface area contributed by atoms with Crippen LogP contribution in [-0.2, 0) is 0 Å². The van der Waals surface area contributed by atoms with Crippen LogP contribution in [0.25, 0.3) is 224 Å². The van der Waals surface area contributed by atoms with Gasteiger partial charge in [0.15, 0.2) is 0 Å². The largest absolute Gasteiger partial charge is 0.456 e. The van der Waals surface area contributed by atoms with Gasteiger partial charge in [-0.15, -0.1) is 45.3 Å². The van der Waals surface area contributed by atoms with Crippen molar-refractivity contribution in [2.75, 3.05) is 0 Å². The molecule has 0 saturated heterocycles. The van der Waals surface area contributed by atoms with Gasteiger partial charge in [-0.05, 0) is 94.3 Å². The van der Waals surface area contributed by atoms with Gasteiger partial charge in [0.2, 0.25) is 11.9 Å². The molecule has 0 N–H and O–H groups in total. The summed E-state index contributed by atoms with van der Waals surface area (Å²) in [6, 6.07) is 99.2. The van der Waals surface area contributed by atoms with E-state index in [-0.39, 0.29) is 0 Å². The van der Waals surface area contributed by atoms with E-state index in [9.17, 15) is 0 Å². The predicted molar refractivity (Wildman–Crippen MR) is 425 cm³/mol. The van der Waals surface area contributed by atoms with E-state index in [0.29, 0.717) is 11.9 Å². The Bertz CT molecular complexity index is 7700. The van der Waals surface area contributed by atoms with Crippen LogP contribution in [0.5, 0.6) is 0 Å². The van der Waals surface area contributed by atoms with Crippen molar-refractivity contribution in [1.29, 1.82) is 0 Å². The van der Waals surface area contributed by atoms with Gasteiger partial charge in [-0.25, -0.2) is 19.9 Å². The summed E-state index contributed by atoms with van der Waals surface area (Å²) in [5, 5.41) is 23.9. The van der Waals surface area contributed by atoms with Crippen molar-refractivity contribution >= 4 is 235 Å². The molecule has 0 bridgehead atoms. The van der Waals surface area contributed by atoms with Crippen molar-refractivity contribution in [2.45, 2.75) is 0 Å². The molecule has 24 aromatic rings. The van der Waals surface area contributed by atoms with Crippen molar-refractivity contribution in [3.63, 3.8) is 0 Å². The van der Waals surface area contributed by atoms with Gasteiger partial charge in [-0.1, -0.05) is 206 Å². The first-order valence-electron chi connectivity index (χ1n) is 33.3. The van der Waals surface area contributed by atoms with Crippen LogP contribution in [0.2, 0.25) is 0 Å². The van der Waals surface area contributed by atoms with Crippen LogP contribution in [0.1, 0.15) is 0 Å². The van der Waals surface area contributed by atoms with Gasteiger partial charge in [-0.2, -0.15) is 0 Å². The highest BCUT2D eigenvalue weighted by Crippen LogP contribution is 2.52. The topological polar surface area (TPSA) is 87.7 Å². The Morgan fingerprint density at radius 1 is 0.260 bits per heavy atom. The Balaban J connectivity index is 0.000000124. The second-order valence-electron chi connectivity index (χ2n) is 25.7. The lowest BCUT2D eigenvalue weighted by Gasteiger charge is -2.12. The number of para-hydroxylation sites is 5. The number of hydrogen-bond donors (Lipinski definition) is 0. The standard InChI is InChI=1S/2C44H23N3OS2/c1-2-14-26-25(13-1)36-28-15-3-7-20-32(28)47(40(36)42-37(26)29-16-5-9-22-34(29)49-42)44-45-39(38-30-17-6-10-23-35(30)50-43(38)46-44)31-19-11-18-27-24-12-4-8-21-33(24)48-41(27)31;1-2-13-27-26(12-1)37-28-14-3-7-17-32(28)47(41(37)42-38(27)29-15-5-9-19-35(29)49-42)44-45-40(39-30-16-6-10-20-36(30)50-43(39)46-44)24-21-22-34-31(23-24)25-11-4-8-18-33(25)48-34/h2*1-23H. The van der Waals surface area contributed by atoms with Gasteiger partial charge in [0.1, 0.15) is 32.0 Å². The molecular formula is C88H46N6O2S4. The van der Waals surface area contributed by atoms with Gasteiger partial charge in [0.05, 0.1) is 42.9 Å². The number of nitrogens with zero attached hydrogens (tertiary/aromatic N) is 6. The van der Waals surface area contributed by atoms with Crippen LogP contribution in [0.15, 0.2) is 288 Å². The molecule has 24 rings (SSSR count). The van der Waals surface area contributed by atoms with E-state index in [1.165, 1.54) is 98.2 Å². The summed E-state index contributed by atoms with van der Waals surface area (Å²) in [6.07, 6.45) is 0. The molecule has 0 aliphatic rings. The van der Waals surface area contributed by atoms with Crippen LogP contribution in [0.3, 0.4) is 0 Å².